The highest BCUT2D eigenvalue weighted by Crippen LogP contribution is 1.93. The Balaban J connectivity index is 3.06. The van der Waals surface area contributed by atoms with Crippen LogP contribution in [0.25, 0.3) is 0 Å². The highest BCUT2D eigenvalue weighted by Gasteiger charge is 1.99. The van der Waals surface area contributed by atoms with Gasteiger partial charge >= 0.3 is 0 Å². The van der Waals surface area contributed by atoms with E-state index in [0.29, 0.717) is 6.10 Å². The molecule has 3 nitrogen and oxygen atoms in total. The summed E-state index contributed by atoms with van der Waals surface area (Å²) < 4.78 is 10.6. The molecule has 0 bridgehead atoms. The number of unbranched alkanes of at least 4 members (excludes halogenated alkanes) is 1. The maximum Gasteiger partial charge on any atom is 0.0671 e. The standard InChI is InChI=1S/C11H25NO2/c1-4-5-9-14-11(2)10-12-7-6-8-13-3/h11-12H,4-10H2,1-3H3. The summed E-state index contributed by atoms with van der Waals surface area (Å²) in [7, 11) is 1.73. The molecule has 0 amide bonds. The number of hydrogen-bond donors (Lipinski definition) is 1. The second kappa shape index (κ2) is 11.0. The Hall–Kier alpha value is -0.120. The van der Waals surface area contributed by atoms with Crippen LogP contribution in [0.4, 0.5) is 0 Å². The van der Waals surface area contributed by atoms with E-state index in [2.05, 4.69) is 19.2 Å². The van der Waals surface area contributed by atoms with E-state index in [9.17, 15) is 0 Å². The molecule has 0 radical (unpaired) electrons. The predicted molar refractivity (Wildman–Crippen MR) is 59.7 cm³/mol. The largest absolute Gasteiger partial charge is 0.385 e. The normalized spacial score (nSPS) is 13.1. The summed E-state index contributed by atoms with van der Waals surface area (Å²) in [5.41, 5.74) is 0. The molecule has 1 atom stereocenters. The molecule has 1 N–H and O–H groups in total. The Morgan fingerprint density at radius 2 is 2.00 bits per heavy atom. The smallest absolute Gasteiger partial charge is 0.0671 e. The minimum Gasteiger partial charge on any atom is -0.385 e. The Morgan fingerprint density at radius 1 is 1.21 bits per heavy atom. The van der Waals surface area contributed by atoms with Crippen LogP contribution >= 0.6 is 0 Å². The molecule has 0 aliphatic heterocycles. The summed E-state index contributed by atoms with van der Waals surface area (Å²) in [5, 5.41) is 3.34. The van der Waals surface area contributed by atoms with Gasteiger partial charge in [-0.3, -0.25) is 0 Å². The lowest BCUT2D eigenvalue weighted by molar-refractivity contribution is 0.0636. The average molecular weight is 203 g/mol. The zero-order valence-corrected chi connectivity index (χ0v) is 9.84. The van der Waals surface area contributed by atoms with Crippen molar-refractivity contribution in [1.29, 1.82) is 0 Å². The zero-order valence-electron chi connectivity index (χ0n) is 9.84. The lowest BCUT2D eigenvalue weighted by atomic mass is 10.3. The van der Waals surface area contributed by atoms with Gasteiger partial charge in [-0.25, -0.2) is 0 Å². The van der Waals surface area contributed by atoms with Crippen molar-refractivity contribution in [3.8, 4) is 0 Å². The Labute approximate surface area is 88.2 Å². The van der Waals surface area contributed by atoms with Crippen LogP contribution in [0, 0.1) is 0 Å². The highest BCUT2D eigenvalue weighted by molar-refractivity contribution is 4.55. The molecule has 0 aromatic rings. The third kappa shape index (κ3) is 9.96. The van der Waals surface area contributed by atoms with Crippen molar-refractivity contribution in [2.24, 2.45) is 0 Å². The Kier molecular flexibility index (Phi) is 10.9. The van der Waals surface area contributed by atoms with Gasteiger partial charge in [0.05, 0.1) is 6.10 Å². The first kappa shape index (κ1) is 13.9. The fraction of sp³-hybridized carbons (Fsp3) is 1.00. The number of rotatable bonds is 10. The van der Waals surface area contributed by atoms with E-state index in [0.717, 1.165) is 39.1 Å². The minimum atomic E-state index is 0.323. The zero-order chi connectivity index (χ0) is 10.6. The van der Waals surface area contributed by atoms with Gasteiger partial charge in [-0.05, 0) is 26.3 Å². The van der Waals surface area contributed by atoms with Gasteiger partial charge in [0.2, 0.25) is 0 Å². The first-order chi connectivity index (χ1) is 6.81. The van der Waals surface area contributed by atoms with Crippen molar-refractivity contribution < 1.29 is 9.47 Å². The monoisotopic (exact) mass is 203 g/mol. The molecule has 0 fully saturated rings. The van der Waals surface area contributed by atoms with Gasteiger partial charge in [-0.1, -0.05) is 13.3 Å². The third-order valence-electron chi connectivity index (χ3n) is 2.03. The minimum absolute atomic E-state index is 0.323. The van der Waals surface area contributed by atoms with Gasteiger partial charge in [-0.15, -0.1) is 0 Å². The SMILES string of the molecule is CCCCOC(C)CNCCCOC. The van der Waals surface area contributed by atoms with Crippen molar-refractivity contribution in [2.45, 2.75) is 39.2 Å². The van der Waals surface area contributed by atoms with Crippen LogP contribution in [0.3, 0.4) is 0 Å². The third-order valence-corrected chi connectivity index (χ3v) is 2.03. The van der Waals surface area contributed by atoms with Gasteiger partial charge in [0.15, 0.2) is 0 Å². The van der Waals surface area contributed by atoms with Crippen LogP contribution in [0.2, 0.25) is 0 Å². The summed E-state index contributed by atoms with van der Waals surface area (Å²) in [6.07, 6.45) is 3.75. The molecule has 0 saturated carbocycles. The van der Waals surface area contributed by atoms with Crippen LogP contribution in [-0.2, 0) is 9.47 Å². The van der Waals surface area contributed by atoms with Crippen LogP contribution in [0.1, 0.15) is 33.1 Å². The molecule has 0 saturated heterocycles. The van der Waals surface area contributed by atoms with Gasteiger partial charge in [0.1, 0.15) is 0 Å². The first-order valence-corrected chi connectivity index (χ1v) is 5.62. The van der Waals surface area contributed by atoms with Crippen LogP contribution < -0.4 is 5.32 Å². The first-order valence-electron chi connectivity index (χ1n) is 5.62. The van der Waals surface area contributed by atoms with Crippen LogP contribution in [-0.4, -0.2) is 39.5 Å². The predicted octanol–water partition coefficient (Wildman–Crippen LogP) is 1.82. The second-order valence-electron chi connectivity index (χ2n) is 3.59. The molecule has 0 spiro atoms. The molecule has 0 aliphatic rings. The van der Waals surface area contributed by atoms with E-state index >= 15 is 0 Å². The molecule has 0 heterocycles. The molecule has 0 aliphatic carbocycles. The van der Waals surface area contributed by atoms with Crippen molar-refractivity contribution in [2.75, 3.05) is 33.4 Å². The average Bonchev–Trinajstić information content (AvgIpc) is 2.18. The molecule has 0 aromatic heterocycles. The maximum atomic E-state index is 5.60. The van der Waals surface area contributed by atoms with Gasteiger partial charge in [0, 0.05) is 26.9 Å². The van der Waals surface area contributed by atoms with Crippen molar-refractivity contribution in [3.05, 3.63) is 0 Å². The van der Waals surface area contributed by atoms with E-state index in [1.54, 1.807) is 7.11 Å². The van der Waals surface area contributed by atoms with Gasteiger partial charge in [0.25, 0.3) is 0 Å². The van der Waals surface area contributed by atoms with Gasteiger partial charge < -0.3 is 14.8 Å². The number of methoxy groups -OCH3 is 1. The highest BCUT2D eigenvalue weighted by atomic mass is 16.5. The lowest BCUT2D eigenvalue weighted by Gasteiger charge is -2.13. The molecule has 14 heavy (non-hydrogen) atoms. The maximum absolute atomic E-state index is 5.60. The summed E-state index contributed by atoms with van der Waals surface area (Å²) in [4.78, 5) is 0. The van der Waals surface area contributed by atoms with Crippen molar-refractivity contribution in [1.82, 2.24) is 5.32 Å². The number of nitrogens with one attached hydrogen (secondary N) is 1. The fourth-order valence-electron chi connectivity index (χ4n) is 1.13. The molecular weight excluding hydrogens is 178 g/mol. The number of hydrogen-bond acceptors (Lipinski definition) is 3. The summed E-state index contributed by atoms with van der Waals surface area (Å²) >= 11 is 0. The quantitative estimate of drug-likeness (QED) is 0.549. The van der Waals surface area contributed by atoms with Crippen LogP contribution in [0.5, 0.6) is 0 Å². The summed E-state index contributed by atoms with van der Waals surface area (Å²) in [5.74, 6) is 0. The number of ether oxygens (including phenoxy) is 2. The van der Waals surface area contributed by atoms with Crippen LogP contribution in [0.15, 0.2) is 0 Å². The second-order valence-corrected chi connectivity index (χ2v) is 3.59. The van der Waals surface area contributed by atoms with Crippen molar-refractivity contribution >= 4 is 0 Å². The fourth-order valence-corrected chi connectivity index (χ4v) is 1.13. The molecular formula is C11H25NO2. The van der Waals surface area contributed by atoms with E-state index in [1.807, 2.05) is 0 Å². The van der Waals surface area contributed by atoms with E-state index in [4.69, 9.17) is 9.47 Å². The molecule has 86 valence electrons. The molecule has 0 aromatic carbocycles. The Bertz CT molecular complexity index is 109. The summed E-state index contributed by atoms with van der Waals surface area (Å²) in [6.45, 7) is 7.95. The lowest BCUT2D eigenvalue weighted by Crippen LogP contribution is -2.28. The topological polar surface area (TPSA) is 30.5 Å². The Morgan fingerprint density at radius 3 is 2.64 bits per heavy atom. The van der Waals surface area contributed by atoms with Gasteiger partial charge in [-0.2, -0.15) is 0 Å². The molecule has 3 heteroatoms. The van der Waals surface area contributed by atoms with Crippen molar-refractivity contribution in [3.63, 3.8) is 0 Å². The summed E-state index contributed by atoms with van der Waals surface area (Å²) in [6, 6.07) is 0. The van der Waals surface area contributed by atoms with E-state index < -0.39 is 0 Å². The molecule has 1 unspecified atom stereocenters. The van der Waals surface area contributed by atoms with E-state index in [1.165, 1.54) is 6.42 Å². The van der Waals surface area contributed by atoms with E-state index in [-0.39, 0.29) is 0 Å². The molecule has 0 rings (SSSR count).